The molecule has 0 amide bonds. The number of fused-ring (bicyclic) bond motifs is 1. The Morgan fingerprint density at radius 2 is 2.00 bits per heavy atom. The van der Waals surface area contributed by atoms with E-state index in [2.05, 4.69) is 38.4 Å². The summed E-state index contributed by atoms with van der Waals surface area (Å²) in [6.07, 6.45) is 3.63. The molecule has 0 fully saturated rings. The number of aromatic nitrogens is 3. The largest absolute Gasteiger partial charge is 0.369 e. The van der Waals surface area contributed by atoms with E-state index in [-0.39, 0.29) is 0 Å². The number of nitrogens with one attached hydrogen (secondary N) is 1. The predicted octanol–water partition coefficient (Wildman–Crippen LogP) is 3.59. The Labute approximate surface area is 137 Å². The fraction of sp³-hybridized carbons (Fsp3) is 0.176. The average molecular weight is 355 g/mol. The Morgan fingerprint density at radius 1 is 1.14 bits per heavy atom. The van der Waals surface area contributed by atoms with E-state index in [1.54, 1.807) is 0 Å². The predicted molar refractivity (Wildman–Crippen MR) is 90.5 cm³/mol. The van der Waals surface area contributed by atoms with Gasteiger partial charge in [-0.15, -0.1) is 0 Å². The molecule has 1 N–H and O–H groups in total. The normalized spacial score (nSPS) is 13.0. The van der Waals surface area contributed by atoms with Gasteiger partial charge in [0.25, 0.3) is 0 Å². The molecule has 1 aliphatic heterocycles. The Bertz CT molecular complexity index is 794. The average Bonchev–Trinajstić information content (AvgIpc) is 3.13. The molecule has 0 atom stereocenters. The Kier molecular flexibility index (Phi) is 3.42. The molecule has 4 rings (SSSR count). The van der Waals surface area contributed by atoms with Gasteiger partial charge in [0.1, 0.15) is 5.82 Å². The van der Waals surface area contributed by atoms with Crippen molar-refractivity contribution in [3.8, 4) is 5.69 Å². The summed E-state index contributed by atoms with van der Waals surface area (Å²) in [4.78, 5) is 4.42. The monoisotopic (exact) mass is 354 g/mol. The van der Waals surface area contributed by atoms with E-state index in [0.29, 0.717) is 0 Å². The van der Waals surface area contributed by atoms with Crippen molar-refractivity contribution in [2.24, 2.45) is 0 Å². The molecule has 5 heteroatoms. The minimum atomic E-state index is 0.772. The van der Waals surface area contributed by atoms with Gasteiger partial charge in [-0.25, -0.2) is 4.68 Å². The lowest BCUT2D eigenvalue weighted by molar-refractivity contribution is 0.834. The van der Waals surface area contributed by atoms with E-state index in [9.17, 15) is 0 Å². The number of halogens is 1. The second-order valence-electron chi connectivity index (χ2n) is 5.34. The highest BCUT2D eigenvalue weighted by Gasteiger charge is 2.23. The highest BCUT2D eigenvalue weighted by molar-refractivity contribution is 9.10. The SMILES string of the molecule is Brc1ccc(-n2nc(Cc3ccccn3)c3c2NCC3)cc1. The minimum Gasteiger partial charge on any atom is -0.369 e. The third-order valence-electron chi connectivity index (χ3n) is 3.88. The van der Waals surface area contributed by atoms with Crippen LogP contribution in [0.3, 0.4) is 0 Å². The summed E-state index contributed by atoms with van der Waals surface area (Å²) in [6, 6.07) is 14.2. The number of pyridine rings is 1. The van der Waals surface area contributed by atoms with Gasteiger partial charge in [-0.1, -0.05) is 22.0 Å². The third-order valence-corrected chi connectivity index (χ3v) is 4.41. The van der Waals surface area contributed by atoms with E-state index < -0.39 is 0 Å². The highest BCUT2D eigenvalue weighted by atomic mass is 79.9. The minimum absolute atomic E-state index is 0.772. The fourth-order valence-electron chi connectivity index (χ4n) is 2.83. The lowest BCUT2D eigenvalue weighted by Crippen LogP contribution is -2.05. The first-order valence-electron chi connectivity index (χ1n) is 7.32. The van der Waals surface area contributed by atoms with Gasteiger partial charge in [0.15, 0.2) is 0 Å². The molecule has 22 heavy (non-hydrogen) atoms. The molecule has 0 spiro atoms. The summed E-state index contributed by atoms with van der Waals surface area (Å²) in [6.45, 7) is 0.971. The first-order chi connectivity index (χ1) is 10.8. The molecule has 2 aromatic heterocycles. The molecule has 0 radical (unpaired) electrons. The Hall–Kier alpha value is -2.14. The van der Waals surface area contributed by atoms with Crippen LogP contribution in [0.2, 0.25) is 0 Å². The van der Waals surface area contributed by atoms with Crippen LogP contribution < -0.4 is 5.32 Å². The van der Waals surface area contributed by atoms with Gasteiger partial charge < -0.3 is 5.32 Å². The number of nitrogens with zero attached hydrogens (tertiary/aromatic N) is 3. The molecule has 1 aliphatic rings. The van der Waals surface area contributed by atoms with Gasteiger partial charge >= 0.3 is 0 Å². The van der Waals surface area contributed by atoms with Crippen molar-refractivity contribution in [3.05, 3.63) is 70.1 Å². The van der Waals surface area contributed by atoms with Crippen LogP contribution in [0.4, 0.5) is 5.82 Å². The molecule has 0 aliphatic carbocycles. The molecule has 3 heterocycles. The van der Waals surface area contributed by atoms with Gasteiger partial charge in [-0.3, -0.25) is 4.98 Å². The van der Waals surface area contributed by atoms with Crippen molar-refractivity contribution in [3.63, 3.8) is 0 Å². The van der Waals surface area contributed by atoms with Gasteiger partial charge in [0.05, 0.1) is 11.4 Å². The van der Waals surface area contributed by atoms with Crippen molar-refractivity contribution in [1.82, 2.24) is 14.8 Å². The van der Waals surface area contributed by atoms with E-state index in [4.69, 9.17) is 5.10 Å². The molecule has 4 nitrogen and oxygen atoms in total. The number of benzene rings is 1. The number of hydrogen-bond acceptors (Lipinski definition) is 3. The standard InChI is InChI=1S/C17H15BrN4/c18-12-4-6-14(7-5-12)22-17-15(8-10-20-17)16(21-22)11-13-3-1-2-9-19-13/h1-7,9,20H,8,10-11H2. The topological polar surface area (TPSA) is 42.7 Å². The summed E-state index contributed by atoms with van der Waals surface area (Å²) < 4.78 is 3.08. The molecule has 0 saturated heterocycles. The number of hydrogen-bond donors (Lipinski definition) is 1. The van der Waals surface area contributed by atoms with E-state index in [0.717, 1.165) is 46.8 Å². The lowest BCUT2D eigenvalue weighted by atomic mass is 10.1. The summed E-state index contributed by atoms with van der Waals surface area (Å²) >= 11 is 3.48. The zero-order valence-corrected chi connectivity index (χ0v) is 13.5. The highest BCUT2D eigenvalue weighted by Crippen LogP contribution is 2.30. The van der Waals surface area contributed by atoms with Crippen LogP contribution >= 0.6 is 15.9 Å². The van der Waals surface area contributed by atoms with Crippen LogP contribution in [-0.4, -0.2) is 21.3 Å². The second kappa shape index (κ2) is 5.57. The number of rotatable bonds is 3. The molecule has 110 valence electrons. The second-order valence-corrected chi connectivity index (χ2v) is 6.25. The summed E-state index contributed by atoms with van der Waals surface area (Å²) in [5.41, 5.74) is 4.55. The smallest absolute Gasteiger partial charge is 0.133 e. The Balaban J connectivity index is 1.75. The molecule has 0 bridgehead atoms. The van der Waals surface area contributed by atoms with Crippen LogP contribution in [0.5, 0.6) is 0 Å². The van der Waals surface area contributed by atoms with Crippen LogP contribution in [0, 0.1) is 0 Å². The van der Waals surface area contributed by atoms with Gasteiger partial charge in [-0.05, 0) is 42.8 Å². The maximum atomic E-state index is 4.83. The van der Waals surface area contributed by atoms with E-state index >= 15 is 0 Å². The fourth-order valence-corrected chi connectivity index (χ4v) is 3.10. The Morgan fingerprint density at radius 3 is 2.77 bits per heavy atom. The zero-order valence-electron chi connectivity index (χ0n) is 12.0. The van der Waals surface area contributed by atoms with Crippen molar-refractivity contribution >= 4 is 21.7 Å². The van der Waals surface area contributed by atoms with Crippen LogP contribution in [0.15, 0.2) is 53.1 Å². The van der Waals surface area contributed by atoms with Gasteiger partial charge in [0, 0.05) is 34.9 Å². The molecular formula is C17H15BrN4. The quantitative estimate of drug-likeness (QED) is 0.781. The number of anilines is 1. The van der Waals surface area contributed by atoms with Crippen molar-refractivity contribution in [1.29, 1.82) is 0 Å². The van der Waals surface area contributed by atoms with Crippen LogP contribution in [-0.2, 0) is 12.8 Å². The first-order valence-corrected chi connectivity index (χ1v) is 8.11. The van der Waals surface area contributed by atoms with E-state index in [1.807, 2.05) is 41.2 Å². The maximum Gasteiger partial charge on any atom is 0.133 e. The molecule has 3 aromatic rings. The van der Waals surface area contributed by atoms with Crippen molar-refractivity contribution in [2.45, 2.75) is 12.8 Å². The lowest BCUT2D eigenvalue weighted by Gasteiger charge is -2.06. The maximum absolute atomic E-state index is 4.83. The van der Waals surface area contributed by atoms with Gasteiger partial charge in [0.2, 0.25) is 0 Å². The summed E-state index contributed by atoms with van der Waals surface area (Å²) in [5.74, 6) is 1.12. The molecule has 0 saturated carbocycles. The van der Waals surface area contributed by atoms with Crippen molar-refractivity contribution < 1.29 is 0 Å². The summed E-state index contributed by atoms with van der Waals surface area (Å²) in [7, 11) is 0. The van der Waals surface area contributed by atoms with Crippen LogP contribution in [0.25, 0.3) is 5.69 Å². The third kappa shape index (κ3) is 2.41. The zero-order chi connectivity index (χ0) is 14.9. The molecule has 0 unspecified atom stereocenters. The van der Waals surface area contributed by atoms with Crippen molar-refractivity contribution in [2.75, 3.05) is 11.9 Å². The van der Waals surface area contributed by atoms with Crippen LogP contribution in [0.1, 0.15) is 17.0 Å². The van der Waals surface area contributed by atoms with E-state index in [1.165, 1.54) is 5.56 Å². The molecular weight excluding hydrogens is 340 g/mol. The molecule has 1 aromatic carbocycles. The van der Waals surface area contributed by atoms with Gasteiger partial charge in [-0.2, -0.15) is 5.10 Å². The summed E-state index contributed by atoms with van der Waals surface area (Å²) in [5, 5.41) is 8.28. The first kappa shape index (κ1) is 13.5.